The van der Waals surface area contributed by atoms with Gasteiger partial charge in [0.05, 0.1) is 6.08 Å². The van der Waals surface area contributed by atoms with Gasteiger partial charge in [0, 0.05) is 12.1 Å². The number of esters is 1. The Morgan fingerprint density at radius 2 is 2.03 bits per heavy atom. The van der Waals surface area contributed by atoms with E-state index in [1.54, 1.807) is 0 Å². The number of anilines is 1. The van der Waals surface area contributed by atoms with Crippen molar-refractivity contribution in [1.29, 1.82) is 0 Å². The summed E-state index contributed by atoms with van der Waals surface area (Å²) in [5.74, 6) is -0.210. The maximum absolute atomic E-state index is 12.0. The normalized spacial score (nSPS) is 26.9. The average molecular weight is 411 g/mol. The highest BCUT2D eigenvalue weighted by Crippen LogP contribution is 2.51. The molecule has 0 spiro atoms. The van der Waals surface area contributed by atoms with E-state index in [2.05, 4.69) is 30.4 Å². The van der Waals surface area contributed by atoms with Gasteiger partial charge in [0.1, 0.15) is 11.4 Å². The lowest BCUT2D eigenvalue weighted by molar-refractivity contribution is -0.158. The van der Waals surface area contributed by atoms with E-state index in [4.69, 9.17) is 16.2 Å². The third kappa shape index (κ3) is 4.78. The van der Waals surface area contributed by atoms with Crippen LogP contribution in [0, 0.1) is 5.41 Å². The number of hydrogen-bond donors (Lipinski definition) is 3. The van der Waals surface area contributed by atoms with Crippen molar-refractivity contribution in [3.05, 3.63) is 66.0 Å². The maximum atomic E-state index is 12.0. The summed E-state index contributed by atoms with van der Waals surface area (Å²) in [4.78, 5) is 12.0. The van der Waals surface area contributed by atoms with Gasteiger partial charge < -0.3 is 21.3 Å². The van der Waals surface area contributed by atoms with Gasteiger partial charge >= 0.3 is 5.97 Å². The van der Waals surface area contributed by atoms with Gasteiger partial charge in [-0.3, -0.25) is 0 Å². The molecule has 3 rings (SSSR count). The van der Waals surface area contributed by atoms with E-state index >= 15 is 0 Å². The first-order chi connectivity index (χ1) is 14.4. The van der Waals surface area contributed by atoms with Crippen LogP contribution in [0.2, 0.25) is 0 Å². The molecule has 0 saturated carbocycles. The first kappa shape index (κ1) is 22.2. The number of hydrogen-bond acceptors (Lipinski definition) is 5. The van der Waals surface area contributed by atoms with Crippen molar-refractivity contribution in [3.63, 3.8) is 0 Å². The summed E-state index contributed by atoms with van der Waals surface area (Å²) in [5, 5.41) is 10.1. The van der Waals surface area contributed by atoms with E-state index in [0.29, 0.717) is 25.8 Å². The highest BCUT2D eigenvalue weighted by molar-refractivity contribution is 5.83. The molecule has 1 heterocycles. The Labute approximate surface area is 179 Å². The van der Waals surface area contributed by atoms with Gasteiger partial charge in [-0.2, -0.15) is 0 Å². The summed E-state index contributed by atoms with van der Waals surface area (Å²) in [6.45, 7) is 2.65. The molecule has 3 unspecified atom stereocenters. The van der Waals surface area contributed by atoms with E-state index in [9.17, 15) is 9.90 Å². The van der Waals surface area contributed by atoms with Crippen molar-refractivity contribution in [2.45, 2.75) is 63.4 Å². The van der Waals surface area contributed by atoms with Gasteiger partial charge in [-0.05, 0) is 68.0 Å². The van der Waals surface area contributed by atoms with Crippen molar-refractivity contribution >= 4 is 11.7 Å². The molecule has 0 fully saturated rings. The van der Waals surface area contributed by atoms with Crippen LogP contribution in [0.25, 0.3) is 0 Å². The molecule has 0 amide bonds. The fourth-order valence-corrected chi connectivity index (χ4v) is 5.03. The van der Waals surface area contributed by atoms with Crippen LogP contribution in [0.1, 0.15) is 63.4 Å². The van der Waals surface area contributed by atoms with Crippen LogP contribution in [-0.2, 0) is 9.53 Å². The zero-order chi connectivity index (χ0) is 21.6. The van der Waals surface area contributed by atoms with Crippen LogP contribution in [0.15, 0.2) is 60.4 Å². The SMILES string of the molecule is CCC1(CCC(c2ccccc2N)C2(CCCN)C=CC=CC2)CC(O)=CC(=O)O1. The number of benzene rings is 1. The summed E-state index contributed by atoms with van der Waals surface area (Å²) in [6, 6.07) is 8.05. The molecule has 0 bridgehead atoms. The smallest absolute Gasteiger partial charge is 0.334 e. The van der Waals surface area contributed by atoms with Crippen molar-refractivity contribution in [2.75, 3.05) is 12.3 Å². The van der Waals surface area contributed by atoms with Gasteiger partial charge in [0.2, 0.25) is 0 Å². The number of nitrogens with two attached hydrogens (primary N) is 2. The quantitative estimate of drug-likeness (QED) is 0.397. The number of para-hydroxylation sites is 1. The lowest BCUT2D eigenvalue weighted by Crippen LogP contribution is -2.39. The highest BCUT2D eigenvalue weighted by Gasteiger charge is 2.42. The van der Waals surface area contributed by atoms with Crippen LogP contribution >= 0.6 is 0 Å². The van der Waals surface area contributed by atoms with Gasteiger partial charge in [0.25, 0.3) is 0 Å². The van der Waals surface area contributed by atoms with E-state index in [0.717, 1.165) is 36.9 Å². The van der Waals surface area contributed by atoms with Crippen molar-refractivity contribution in [3.8, 4) is 0 Å². The Balaban J connectivity index is 1.95. The molecule has 1 aromatic carbocycles. The van der Waals surface area contributed by atoms with Crippen LogP contribution in [0.4, 0.5) is 5.69 Å². The Morgan fingerprint density at radius 3 is 2.67 bits per heavy atom. The summed E-state index contributed by atoms with van der Waals surface area (Å²) in [7, 11) is 0. The number of allylic oxidation sites excluding steroid dienone is 4. The molecule has 1 aliphatic carbocycles. The molecule has 0 aromatic heterocycles. The molecule has 5 N–H and O–H groups in total. The number of aliphatic hydroxyl groups is 1. The zero-order valence-corrected chi connectivity index (χ0v) is 17.8. The fraction of sp³-hybridized carbons (Fsp3) is 0.480. The molecular weight excluding hydrogens is 376 g/mol. The van der Waals surface area contributed by atoms with Gasteiger partial charge in [0.15, 0.2) is 0 Å². The number of nitrogen functional groups attached to an aromatic ring is 1. The molecule has 2 aliphatic rings. The topological polar surface area (TPSA) is 98.6 Å². The predicted octanol–water partition coefficient (Wildman–Crippen LogP) is 4.91. The van der Waals surface area contributed by atoms with E-state index in [1.807, 2.05) is 25.1 Å². The highest BCUT2D eigenvalue weighted by atomic mass is 16.6. The minimum absolute atomic E-state index is 0.0882. The van der Waals surface area contributed by atoms with Crippen LogP contribution < -0.4 is 11.5 Å². The molecule has 1 aromatic rings. The Bertz CT molecular complexity index is 845. The third-order valence-corrected chi connectivity index (χ3v) is 6.72. The van der Waals surface area contributed by atoms with Gasteiger partial charge in [-0.1, -0.05) is 49.4 Å². The van der Waals surface area contributed by atoms with E-state index in [-0.39, 0.29) is 17.1 Å². The minimum atomic E-state index is -0.680. The summed E-state index contributed by atoms with van der Waals surface area (Å²) in [5.41, 5.74) is 13.5. The second-order valence-corrected chi connectivity index (χ2v) is 8.61. The fourth-order valence-electron chi connectivity index (χ4n) is 5.03. The molecule has 1 aliphatic heterocycles. The van der Waals surface area contributed by atoms with Gasteiger partial charge in [-0.15, -0.1) is 0 Å². The van der Waals surface area contributed by atoms with Crippen molar-refractivity contribution < 1.29 is 14.6 Å². The van der Waals surface area contributed by atoms with Crippen molar-refractivity contribution in [2.24, 2.45) is 11.1 Å². The number of rotatable bonds is 9. The lowest BCUT2D eigenvalue weighted by Gasteiger charge is -2.43. The molecule has 5 nitrogen and oxygen atoms in total. The van der Waals surface area contributed by atoms with Crippen LogP contribution in [0.3, 0.4) is 0 Å². The Kier molecular flexibility index (Phi) is 7.03. The molecule has 0 radical (unpaired) electrons. The van der Waals surface area contributed by atoms with Crippen LogP contribution in [-0.4, -0.2) is 23.2 Å². The molecular formula is C25H34N2O3. The van der Waals surface area contributed by atoms with Crippen LogP contribution in [0.5, 0.6) is 0 Å². The first-order valence-corrected chi connectivity index (χ1v) is 10.9. The predicted molar refractivity (Wildman–Crippen MR) is 121 cm³/mol. The Hall–Kier alpha value is -2.53. The number of ether oxygens (including phenoxy) is 1. The number of aliphatic hydroxyl groups excluding tert-OH is 1. The minimum Gasteiger partial charge on any atom is -0.512 e. The number of carbonyl (C=O) groups is 1. The Morgan fingerprint density at radius 1 is 1.23 bits per heavy atom. The summed E-state index contributed by atoms with van der Waals surface area (Å²) in [6.07, 6.45) is 15.2. The summed E-state index contributed by atoms with van der Waals surface area (Å²) >= 11 is 0. The molecule has 162 valence electrons. The maximum Gasteiger partial charge on any atom is 0.334 e. The number of cyclic esters (lactones) is 1. The van der Waals surface area contributed by atoms with Gasteiger partial charge in [-0.25, -0.2) is 4.79 Å². The molecule has 0 saturated heterocycles. The monoisotopic (exact) mass is 410 g/mol. The second kappa shape index (κ2) is 9.52. The van der Waals surface area contributed by atoms with E-state index in [1.165, 1.54) is 6.08 Å². The standard InChI is InChI=1S/C25H34N2O3/c1-2-25(18-19(28)17-23(29)30-25)15-11-21(20-9-4-5-10-22(20)27)24(14-8-16-26)12-6-3-7-13-24/h3-7,9-10,12,17,21,28H,2,8,11,13-16,18,26-27H2,1H3. The second-order valence-electron chi connectivity index (χ2n) is 8.61. The zero-order valence-electron chi connectivity index (χ0n) is 17.8. The van der Waals surface area contributed by atoms with E-state index < -0.39 is 11.6 Å². The molecule has 3 atom stereocenters. The molecule has 30 heavy (non-hydrogen) atoms. The lowest BCUT2D eigenvalue weighted by atomic mass is 9.63. The average Bonchev–Trinajstić information content (AvgIpc) is 2.73. The largest absolute Gasteiger partial charge is 0.512 e. The molecule has 5 heteroatoms. The third-order valence-electron chi connectivity index (χ3n) is 6.72. The first-order valence-electron chi connectivity index (χ1n) is 10.9. The summed E-state index contributed by atoms with van der Waals surface area (Å²) < 4.78 is 5.75. The van der Waals surface area contributed by atoms with Crippen molar-refractivity contribution in [1.82, 2.24) is 0 Å². The number of carbonyl (C=O) groups excluding carboxylic acids is 1.